The van der Waals surface area contributed by atoms with Crippen LogP contribution in [0.1, 0.15) is 18.9 Å². The highest BCUT2D eigenvalue weighted by Gasteiger charge is 2.02. The van der Waals surface area contributed by atoms with E-state index >= 15 is 0 Å². The summed E-state index contributed by atoms with van der Waals surface area (Å²) in [7, 11) is 0. The van der Waals surface area contributed by atoms with Crippen molar-refractivity contribution < 1.29 is 4.74 Å². The lowest BCUT2D eigenvalue weighted by atomic mass is 10.1. The first-order chi connectivity index (χ1) is 6.83. The summed E-state index contributed by atoms with van der Waals surface area (Å²) in [5.41, 5.74) is 1.35. The Labute approximate surface area is 94.6 Å². The number of alkyl halides is 1. The fourth-order valence-electron chi connectivity index (χ4n) is 1.34. The third-order valence-corrected chi connectivity index (χ3v) is 2.61. The highest BCUT2D eigenvalue weighted by atomic mass is 79.9. The number of benzene rings is 1. The van der Waals surface area contributed by atoms with Gasteiger partial charge < -0.3 is 4.74 Å². The highest BCUT2D eigenvalue weighted by Crippen LogP contribution is 2.05. The molecule has 0 N–H and O–H groups in total. The average molecular weight is 257 g/mol. The van der Waals surface area contributed by atoms with Gasteiger partial charge >= 0.3 is 0 Å². The molecule has 0 saturated carbocycles. The van der Waals surface area contributed by atoms with Gasteiger partial charge in [-0.25, -0.2) is 0 Å². The van der Waals surface area contributed by atoms with Crippen LogP contribution in [0.2, 0.25) is 0 Å². The molecule has 0 aliphatic carbocycles. The van der Waals surface area contributed by atoms with Crippen LogP contribution < -0.4 is 0 Å². The molecule has 0 amide bonds. The van der Waals surface area contributed by atoms with Crippen LogP contribution in [0.4, 0.5) is 0 Å². The van der Waals surface area contributed by atoms with Crippen LogP contribution in [-0.4, -0.2) is 18.0 Å². The van der Waals surface area contributed by atoms with E-state index in [4.69, 9.17) is 4.74 Å². The van der Waals surface area contributed by atoms with Gasteiger partial charge in [-0.2, -0.15) is 0 Å². The molecule has 2 heteroatoms. The number of hydrogen-bond donors (Lipinski definition) is 0. The fraction of sp³-hybridized carbons (Fsp3) is 0.500. The molecule has 1 unspecified atom stereocenters. The number of ether oxygens (including phenoxy) is 1. The van der Waals surface area contributed by atoms with E-state index in [-0.39, 0.29) is 0 Å². The van der Waals surface area contributed by atoms with Gasteiger partial charge in [-0.1, -0.05) is 46.3 Å². The molecule has 0 radical (unpaired) electrons. The Kier molecular flexibility index (Phi) is 5.88. The van der Waals surface area contributed by atoms with Crippen LogP contribution in [0.25, 0.3) is 0 Å². The number of rotatable bonds is 6. The Balaban J connectivity index is 2.23. The van der Waals surface area contributed by atoms with Gasteiger partial charge in [-0.15, -0.1) is 0 Å². The van der Waals surface area contributed by atoms with Gasteiger partial charge in [0.15, 0.2) is 0 Å². The molecule has 1 aromatic carbocycles. The summed E-state index contributed by atoms with van der Waals surface area (Å²) in [6.07, 6.45) is 2.40. The largest absolute Gasteiger partial charge is 0.378 e. The summed E-state index contributed by atoms with van der Waals surface area (Å²) < 4.78 is 5.66. The van der Waals surface area contributed by atoms with Crippen LogP contribution >= 0.6 is 15.9 Å². The molecular formula is C12H17BrO. The predicted molar refractivity (Wildman–Crippen MR) is 64.0 cm³/mol. The zero-order valence-electron chi connectivity index (χ0n) is 8.58. The second-order valence-electron chi connectivity index (χ2n) is 3.41. The van der Waals surface area contributed by atoms with E-state index in [1.165, 1.54) is 5.56 Å². The fourth-order valence-corrected chi connectivity index (χ4v) is 1.57. The van der Waals surface area contributed by atoms with Crippen molar-refractivity contribution in [2.24, 2.45) is 0 Å². The van der Waals surface area contributed by atoms with Gasteiger partial charge in [0.2, 0.25) is 0 Å². The zero-order valence-corrected chi connectivity index (χ0v) is 10.2. The molecule has 0 aromatic heterocycles. The minimum atomic E-state index is 0.316. The second-order valence-corrected chi connectivity index (χ2v) is 4.21. The molecule has 1 aromatic rings. The summed E-state index contributed by atoms with van der Waals surface area (Å²) in [6, 6.07) is 10.5. The smallest absolute Gasteiger partial charge is 0.0587 e. The number of halogens is 1. The Hall–Kier alpha value is -0.340. The Morgan fingerprint density at radius 3 is 2.64 bits per heavy atom. The van der Waals surface area contributed by atoms with Gasteiger partial charge in [-0.3, -0.25) is 0 Å². The molecule has 1 nitrogen and oxygen atoms in total. The van der Waals surface area contributed by atoms with Crippen molar-refractivity contribution in [3.63, 3.8) is 0 Å². The van der Waals surface area contributed by atoms with E-state index in [2.05, 4.69) is 47.1 Å². The predicted octanol–water partition coefficient (Wildman–Crippen LogP) is 3.42. The van der Waals surface area contributed by atoms with E-state index in [0.29, 0.717) is 6.10 Å². The second kappa shape index (κ2) is 7.02. The SMILES string of the molecule is CC(Cc1ccccc1)OCCCBr. The molecule has 0 fully saturated rings. The molecule has 78 valence electrons. The first kappa shape index (κ1) is 11.7. The molecule has 0 spiro atoms. The molecule has 0 aliphatic rings. The maximum atomic E-state index is 5.66. The van der Waals surface area contributed by atoms with Crippen LogP contribution in [0.3, 0.4) is 0 Å². The van der Waals surface area contributed by atoms with Crippen LogP contribution in [0.5, 0.6) is 0 Å². The van der Waals surface area contributed by atoms with Crippen molar-refractivity contribution in [2.75, 3.05) is 11.9 Å². The quantitative estimate of drug-likeness (QED) is 0.560. The summed E-state index contributed by atoms with van der Waals surface area (Å²) in [4.78, 5) is 0. The molecular weight excluding hydrogens is 240 g/mol. The van der Waals surface area contributed by atoms with E-state index in [1.54, 1.807) is 0 Å². The van der Waals surface area contributed by atoms with Crippen LogP contribution in [-0.2, 0) is 11.2 Å². The molecule has 1 rings (SSSR count). The minimum absolute atomic E-state index is 0.316. The highest BCUT2D eigenvalue weighted by molar-refractivity contribution is 9.09. The molecule has 0 aliphatic heterocycles. The third-order valence-electron chi connectivity index (χ3n) is 2.05. The monoisotopic (exact) mass is 256 g/mol. The molecule has 0 heterocycles. The van der Waals surface area contributed by atoms with Crippen molar-refractivity contribution in [3.05, 3.63) is 35.9 Å². The summed E-state index contributed by atoms with van der Waals surface area (Å²) in [5.74, 6) is 0. The lowest BCUT2D eigenvalue weighted by molar-refractivity contribution is 0.0676. The Bertz CT molecular complexity index is 235. The van der Waals surface area contributed by atoms with Crippen molar-refractivity contribution in [1.29, 1.82) is 0 Å². The maximum Gasteiger partial charge on any atom is 0.0587 e. The van der Waals surface area contributed by atoms with Gasteiger partial charge in [0.1, 0.15) is 0 Å². The maximum absolute atomic E-state index is 5.66. The molecule has 1 atom stereocenters. The summed E-state index contributed by atoms with van der Waals surface area (Å²) in [6.45, 7) is 2.97. The number of hydrogen-bond acceptors (Lipinski definition) is 1. The van der Waals surface area contributed by atoms with E-state index in [1.807, 2.05) is 6.07 Å². The van der Waals surface area contributed by atoms with Crippen LogP contribution in [0.15, 0.2) is 30.3 Å². The Morgan fingerprint density at radius 1 is 1.29 bits per heavy atom. The Morgan fingerprint density at radius 2 is 2.00 bits per heavy atom. The van der Waals surface area contributed by atoms with Gasteiger partial charge in [0, 0.05) is 11.9 Å². The van der Waals surface area contributed by atoms with Gasteiger partial charge in [0.05, 0.1) is 6.10 Å². The summed E-state index contributed by atoms with van der Waals surface area (Å²) in [5, 5.41) is 1.02. The van der Waals surface area contributed by atoms with Crippen LogP contribution in [0, 0.1) is 0 Å². The average Bonchev–Trinajstić information content (AvgIpc) is 2.20. The molecule has 0 saturated heterocycles. The standard InChI is InChI=1S/C12H17BrO/c1-11(14-9-5-8-13)10-12-6-3-2-4-7-12/h2-4,6-7,11H,5,8-10H2,1H3. The van der Waals surface area contributed by atoms with Gasteiger partial charge in [-0.05, 0) is 25.3 Å². The summed E-state index contributed by atoms with van der Waals surface area (Å²) >= 11 is 3.39. The third kappa shape index (κ3) is 4.77. The van der Waals surface area contributed by atoms with E-state index < -0.39 is 0 Å². The van der Waals surface area contributed by atoms with Crippen molar-refractivity contribution in [2.45, 2.75) is 25.9 Å². The van der Waals surface area contributed by atoms with E-state index in [9.17, 15) is 0 Å². The lowest BCUT2D eigenvalue weighted by Crippen LogP contribution is -2.12. The van der Waals surface area contributed by atoms with Gasteiger partial charge in [0.25, 0.3) is 0 Å². The minimum Gasteiger partial charge on any atom is -0.378 e. The first-order valence-electron chi connectivity index (χ1n) is 5.04. The molecule has 14 heavy (non-hydrogen) atoms. The lowest BCUT2D eigenvalue weighted by Gasteiger charge is -2.12. The first-order valence-corrected chi connectivity index (χ1v) is 6.16. The van der Waals surface area contributed by atoms with E-state index in [0.717, 1.165) is 24.8 Å². The van der Waals surface area contributed by atoms with Crippen molar-refractivity contribution >= 4 is 15.9 Å². The zero-order chi connectivity index (χ0) is 10.2. The molecule has 0 bridgehead atoms. The normalized spacial score (nSPS) is 12.7. The van der Waals surface area contributed by atoms with Crippen molar-refractivity contribution in [1.82, 2.24) is 0 Å². The topological polar surface area (TPSA) is 9.23 Å². The van der Waals surface area contributed by atoms with Crippen molar-refractivity contribution in [3.8, 4) is 0 Å².